The van der Waals surface area contributed by atoms with Crippen LogP contribution in [0.4, 0.5) is 0 Å². The van der Waals surface area contributed by atoms with E-state index < -0.39 is 0 Å². The maximum Gasteiger partial charge on any atom is 0.306 e. The van der Waals surface area contributed by atoms with Gasteiger partial charge in [-0.15, -0.1) is 0 Å². The minimum atomic E-state index is -0.0244. The molecule has 0 spiro atoms. The highest BCUT2D eigenvalue weighted by molar-refractivity contribution is 5.71. The van der Waals surface area contributed by atoms with Crippen molar-refractivity contribution >= 4 is 5.97 Å². The number of carbonyl (C=O) groups excluding carboxylic acids is 1. The summed E-state index contributed by atoms with van der Waals surface area (Å²) in [6.45, 7) is 1.08. The highest BCUT2D eigenvalue weighted by atomic mass is 16.5. The largest absolute Gasteiger partial charge is 0.461 e. The molecule has 2 saturated heterocycles. The Morgan fingerprint density at radius 3 is 2.91 bits per heavy atom. The van der Waals surface area contributed by atoms with Crippen LogP contribution in [0.5, 0.6) is 0 Å². The average Bonchev–Trinajstić information content (AvgIpc) is 2.55. The van der Waals surface area contributed by atoms with Crippen LogP contribution in [0.25, 0.3) is 0 Å². The van der Waals surface area contributed by atoms with Crippen LogP contribution in [0.1, 0.15) is 25.7 Å². The molecule has 0 aromatic rings. The van der Waals surface area contributed by atoms with E-state index in [0.717, 1.165) is 19.4 Å². The number of cyclic esters (lactones) is 1. The fourth-order valence-corrected chi connectivity index (χ4v) is 1.86. The zero-order valence-electron chi connectivity index (χ0n) is 6.51. The number of ether oxygens (including phenoxy) is 1. The van der Waals surface area contributed by atoms with Crippen molar-refractivity contribution in [3.05, 3.63) is 0 Å². The normalized spacial score (nSPS) is 37.6. The van der Waals surface area contributed by atoms with Gasteiger partial charge in [-0.25, -0.2) is 0 Å². The first-order valence-corrected chi connectivity index (χ1v) is 4.29. The van der Waals surface area contributed by atoms with E-state index in [-0.39, 0.29) is 12.1 Å². The molecular weight excluding hydrogens is 142 g/mol. The van der Waals surface area contributed by atoms with E-state index in [2.05, 4.69) is 5.32 Å². The molecule has 11 heavy (non-hydrogen) atoms. The van der Waals surface area contributed by atoms with Crippen molar-refractivity contribution in [3.63, 3.8) is 0 Å². The van der Waals surface area contributed by atoms with Gasteiger partial charge in [0.1, 0.15) is 6.10 Å². The SMILES string of the molecule is O=C1CC[C@@H]([C@H]2CCCN2)O1. The van der Waals surface area contributed by atoms with Crippen molar-refractivity contribution in [1.29, 1.82) is 0 Å². The molecule has 2 atom stereocenters. The van der Waals surface area contributed by atoms with E-state index in [1.807, 2.05) is 0 Å². The number of rotatable bonds is 1. The predicted molar refractivity (Wildman–Crippen MR) is 40.1 cm³/mol. The molecule has 0 aromatic carbocycles. The van der Waals surface area contributed by atoms with Gasteiger partial charge in [0, 0.05) is 12.5 Å². The summed E-state index contributed by atoms with van der Waals surface area (Å²) in [5, 5.41) is 3.34. The lowest BCUT2D eigenvalue weighted by atomic mass is 10.1. The monoisotopic (exact) mass is 155 g/mol. The molecule has 62 valence electrons. The van der Waals surface area contributed by atoms with Crippen LogP contribution in [0.3, 0.4) is 0 Å². The second-order valence-electron chi connectivity index (χ2n) is 3.27. The lowest BCUT2D eigenvalue weighted by Gasteiger charge is -2.16. The Morgan fingerprint density at radius 2 is 2.36 bits per heavy atom. The van der Waals surface area contributed by atoms with Crippen LogP contribution in [-0.4, -0.2) is 24.7 Å². The summed E-state index contributed by atoms with van der Waals surface area (Å²) in [6.07, 6.45) is 4.08. The molecule has 0 bridgehead atoms. The molecule has 2 fully saturated rings. The first kappa shape index (κ1) is 7.10. The fraction of sp³-hybridized carbons (Fsp3) is 0.875. The van der Waals surface area contributed by atoms with Gasteiger partial charge in [-0.1, -0.05) is 0 Å². The minimum Gasteiger partial charge on any atom is -0.461 e. The van der Waals surface area contributed by atoms with Crippen LogP contribution in [-0.2, 0) is 9.53 Å². The number of esters is 1. The smallest absolute Gasteiger partial charge is 0.306 e. The standard InChI is InChI=1S/C8H13NO2/c10-8-4-3-7(11-8)6-2-1-5-9-6/h6-7,9H,1-5H2/t6-,7+/m1/s1. The third-order valence-corrected chi connectivity index (χ3v) is 2.46. The third-order valence-electron chi connectivity index (χ3n) is 2.46. The van der Waals surface area contributed by atoms with Crippen LogP contribution in [0.2, 0.25) is 0 Å². The van der Waals surface area contributed by atoms with Gasteiger partial charge in [-0.2, -0.15) is 0 Å². The molecule has 0 radical (unpaired) electrons. The fourth-order valence-electron chi connectivity index (χ4n) is 1.86. The number of carbonyl (C=O) groups is 1. The molecule has 2 rings (SSSR count). The Kier molecular flexibility index (Phi) is 1.82. The topological polar surface area (TPSA) is 38.3 Å². The zero-order chi connectivity index (χ0) is 7.68. The third kappa shape index (κ3) is 1.38. The van der Waals surface area contributed by atoms with Gasteiger partial charge in [0.2, 0.25) is 0 Å². The van der Waals surface area contributed by atoms with E-state index in [1.165, 1.54) is 6.42 Å². The number of nitrogens with one attached hydrogen (secondary N) is 1. The van der Waals surface area contributed by atoms with Gasteiger partial charge >= 0.3 is 5.97 Å². The van der Waals surface area contributed by atoms with Crippen molar-refractivity contribution in [3.8, 4) is 0 Å². The van der Waals surface area contributed by atoms with Crippen LogP contribution in [0.15, 0.2) is 0 Å². The molecule has 0 aliphatic carbocycles. The van der Waals surface area contributed by atoms with E-state index in [0.29, 0.717) is 12.5 Å². The number of hydrogen-bond donors (Lipinski definition) is 1. The van der Waals surface area contributed by atoms with Gasteiger partial charge in [-0.05, 0) is 25.8 Å². The molecule has 2 aliphatic rings. The summed E-state index contributed by atoms with van der Waals surface area (Å²) in [6, 6.07) is 0.446. The van der Waals surface area contributed by atoms with E-state index in [4.69, 9.17) is 4.74 Å². The van der Waals surface area contributed by atoms with Crippen molar-refractivity contribution < 1.29 is 9.53 Å². The predicted octanol–water partition coefficient (Wildman–Crippen LogP) is 0.444. The van der Waals surface area contributed by atoms with Crippen molar-refractivity contribution in [1.82, 2.24) is 5.32 Å². The Morgan fingerprint density at radius 1 is 1.45 bits per heavy atom. The molecule has 2 heterocycles. The van der Waals surface area contributed by atoms with Gasteiger partial charge < -0.3 is 10.1 Å². The summed E-state index contributed by atoms with van der Waals surface area (Å²) in [5.41, 5.74) is 0. The van der Waals surface area contributed by atoms with Gasteiger partial charge in [0.25, 0.3) is 0 Å². The second-order valence-corrected chi connectivity index (χ2v) is 3.27. The van der Waals surface area contributed by atoms with Gasteiger partial charge in [0.15, 0.2) is 0 Å². The van der Waals surface area contributed by atoms with Crippen LogP contribution < -0.4 is 5.32 Å². The zero-order valence-corrected chi connectivity index (χ0v) is 6.51. The van der Waals surface area contributed by atoms with E-state index in [9.17, 15) is 4.79 Å². The van der Waals surface area contributed by atoms with Crippen molar-refractivity contribution in [2.24, 2.45) is 0 Å². The first-order chi connectivity index (χ1) is 5.36. The Balaban J connectivity index is 1.90. The summed E-state index contributed by atoms with van der Waals surface area (Å²) >= 11 is 0. The number of hydrogen-bond acceptors (Lipinski definition) is 3. The van der Waals surface area contributed by atoms with Gasteiger partial charge in [-0.3, -0.25) is 4.79 Å². The van der Waals surface area contributed by atoms with Crippen LogP contribution >= 0.6 is 0 Å². The lowest BCUT2D eigenvalue weighted by Crippen LogP contribution is -2.34. The summed E-state index contributed by atoms with van der Waals surface area (Å²) in [5.74, 6) is -0.0244. The van der Waals surface area contributed by atoms with Gasteiger partial charge in [0.05, 0.1) is 0 Å². The first-order valence-electron chi connectivity index (χ1n) is 4.29. The molecule has 0 saturated carbocycles. The summed E-state index contributed by atoms with van der Waals surface area (Å²) in [7, 11) is 0. The maximum absolute atomic E-state index is 10.8. The second kappa shape index (κ2) is 2.81. The minimum absolute atomic E-state index is 0.0244. The molecule has 0 aromatic heterocycles. The van der Waals surface area contributed by atoms with Crippen molar-refractivity contribution in [2.75, 3.05) is 6.54 Å². The molecule has 0 unspecified atom stereocenters. The summed E-state index contributed by atoms with van der Waals surface area (Å²) in [4.78, 5) is 10.8. The molecule has 2 aliphatic heterocycles. The summed E-state index contributed by atoms with van der Waals surface area (Å²) < 4.78 is 5.14. The Labute approximate surface area is 66.1 Å². The molecule has 0 amide bonds. The van der Waals surface area contributed by atoms with E-state index in [1.54, 1.807) is 0 Å². The Bertz CT molecular complexity index is 163. The van der Waals surface area contributed by atoms with Crippen LogP contribution in [0, 0.1) is 0 Å². The lowest BCUT2D eigenvalue weighted by molar-refractivity contribution is -0.142. The van der Waals surface area contributed by atoms with E-state index >= 15 is 0 Å². The quantitative estimate of drug-likeness (QED) is 0.558. The molecule has 3 nitrogen and oxygen atoms in total. The molecule has 3 heteroatoms. The van der Waals surface area contributed by atoms with Crippen molar-refractivity contribution in [2.45, 2.75) is 37.8 Å². The molecule has 1 N–H and O–H groups in total. The highest BCUT2D eigenvalue weighted by Crippen LogP contribution is 2.21. The Hall–Kier alpha value is -0.570. The molecular formula is C8H13NO2. The highest BCUT2D eigenvalue weighted by Gasteiger charge is 2.32. The average molecular weight is 155 g/mol. The maximum atomic E-state index is 10.8.